The van der Waals surface area contributed by atoms with E-state index >= 15 is 0 Å². The smallest absolute Gasteiger partial charge is 0.308 e. The molecule has 1 saturated heterocycles. The number of nitrogens with zero attached hydrogens (tertiary/aromatic N) is 2. The number of para-hydroxylation sites is 1. The molecule has 0 saturated carbocycles. The van der Waals surface area contributed by atoms with E-state index in [1.54, 1.807) is 29.2 Å². The van der Waals surface area contributed by atoms with Crippen LogP contribution in [-0.2, 0) is 14.8 Å². The summed E-state index contributed by atoms with van der Waals surface area (Å²) in [5.41, 5.74) is 0.573. The third kappa shape index (κ3) is 5.71. The van der Waals surface area contributed by atoms with E-state index in [1.807, 2.05) is 6.07 Å². The molecule has 0 aliphatic carbocycles. The summed E-state index contributed by atoms with van der Waals surface area (Å²) in [7, 11) is -3.71. The van der Waals surface area contributed by atoms with Crippen molar-refractivity contribution in [2.75, 3.05) is 38.0 Å². The summed E-state index contributed by atoms with van der Waals surface area (Å²) in [6.07, 6.45) is 0. The van der Waals surface area contributed by atoms with E-state index < -0.39 is 22.0 Å². The highest BCUT2D eigenvalue weighted by atomic mass is 35.5. The van der Waals surface area contributed by atoms with E-state index in [2.05, 4.69) is 10.6 Å². The maximum atomic E-state index is 12.8. The summed E-state index contributed by atoms with van der Waals surface area (Å²) in [6.45, 7) is 1.13. The molecule has 0 spiro atoms. The third-order valence-corrected chi connectivity index (χ3v) is 7.15. The molecule has 3 rings (SSSR count). The fraction of sp³-hybridized carbons (Fsp3) is 0.263. The van der Waals surface area contributed by atoms with Crippen molar-refractivity contribution in [3.05, 3.63) is 58.6 Å². The number of halogens is 2. The number of carbonyl (C=O) groups is 2. The van der Waals surface area contributed by atoms with Crippen molar-refractivity contribution in [3.63, 3.8) is 0 Å². The first-order valence-electron chi connectivity index (χ1n) is 9.09. The van der Waals surface area contributed by atoms with Crippen LogP contribution in [0.4, 0.5) is 10.5 Å². The van der Waals surface area contributed by atoms with Crippen molar-refractivity contribution < 1.29 is 18.0 Å². The van der Waals surface area contributed by atoms with Crippen molar-refractivity contribution in [2.45, 2.75) is 4.90 Å². The minimum Gasteiger partial charge on any atom is -0.308 e. The molecular weight excluding hydrogens is 451 g/mol. The van der Waals surface area contributed by atoms with Crippen LogP contribution in [0.5, 0.6) is 0 Å². The molecule has 2 N–H and O–H groups in total. The number of hydrogen-bond donors (Lipinski definition) is 2. The maximum absolute atomic E-state index is 12.8. The van der Waals surface area contributed by atoms with Gasteiger partial charge in [0.15, 0.2) is 0 Å². The largest absolute Gasteiger partial charge is 0.325 e. The fourth-order valence-corrected chi connectivity index (χ4v) is 4.78. The van der Waals surface area contributed by atoms with Crippen LogP contribution in [0.25, 0.3) is 0 Å². The number of benzene rings is 2. The number of amides is 3. The maximum Gasteiger partial charge on any atom is 0.325 e. The third-order valence-electron chi connectivity index (χ3n) is 4.51. The van der Waals surface area contributed by atoms with E-state index in [9.17, 15) is 18.0 Å². The number of sulfonamides is 1. The first kappa shape index (κ1) is 22.5. The Bertz CT molecular complexity index is 1030. The Morgan fingerprint density at radius 1 is 0.933 bits per heavy atom. The highest BCUT2D eigenvalue weighted by Crippen LogP contribution is 2.27. The lowest BCUT2D eigenvalue weighted by atomic mass is 10.3. The van der Waals surface area contributed by atoms with Gasteiger partial charge in [0, 0.05) is 31.9 Å². The molecule has 160 valence electrons. The van der Waals surface area contributed by atoms with E-state index in [-0.39, 0.29) is 34.6 Å². The van der Waals surface area contributed by atoms with Gasteiger partial charge in [-0.15, -0.1) is 0 Å². The van der Waals surface area contributed by atoms with E-state index in [0.717, 1.165) is 0 Å². The Labute approximate surface area is 184 Å². The van der Waals surface area contributed by atoms with Gasteiger partial charge in [-0.2, -0.15) is 4.31 Å². The Hall–Kier alpha value is -2.17. The van der Waals surface area contributed by atoms with Crippen molar-refractivity contribution >= 4 is 50.9 Å². The predicted octanol–water partition coefficient (Wildman–Crippen LogP) is 2.65. The molecule has 3 amide bonds. The zero-order chi connectivity index (χ0) is 21.7. The van der Waals surface area contributed by atoms with E-state index in [0.29, 0.717) is 18.8 Å². The Morgan fingerprint density at radius 2 is 1.60 bits per heavy atom. The first-order valence-corrected chi connectivity index (χ1v) is 11.3. The van der Waals surface area contributed by atoms with Gasteiger partial charge < -0.3 is 5.32 Å². The molecular formula is C19H20Cl2N4O4S. The Balaban J connectivity index is 1.49. The number of piperazine rings is 1. The molecule has 1 fully saturated rings. The van der Waals surface area contributed by atoms with E-state index in [1.165, 1.54) is 22.5 Å². The van der Waals surface area contributed by atoms with Crippen LogP contribution in [-0.4, -0.2) is 62.3 Å². The summed E-state index contributed by atoms with van der Waals surface area (Å²) in [4.78, 5) is 25.8. The molecule has 1 aliphatic rings. The van der Waals surface area contributed by atoms with Crippen molar-refractivity contribution in [1.82, 2.24) is 14.5 Å². The quantitative estimate of drug-likeness (QED) is 0.699. The van der Waals surface area contributed by atoms with Gasteiger partial charge in [-0.05, 0) is 30.3 Å². The monoisotopic (exact) mass is 470 g/mol. The molecule has 1 aliphatic heterocycles. The standard InChI is InChI=1S/C19H20Cl2N4O4S/c20-16-7-6-15(12-17(16)21)30(28,29)25-10-8-24(9-11-25)13-18(26)23-19(27)22-14-4-2-1-3-5-14/h1-7,12H,8-11,13H2,(H2,22,23,26,27). The second-order valence-electron chi connectivity index (χ2n) is 6.62. The molecule has 0 aromatic heterocycles. The van der Waals surface area contributed by atoms with Gasteiger partial charge in [0.05, 0.1) is 21.5 Å². The van der Waals surface area contributed by atoms with Gasteiger partial charge in [-0.1, -0.05) is 41.4 Å². The lowest BCUT2D eigenvalue weighted by Gasteiger charge is -2.33. The molecule has 0 bridgehead atoms. The normalized spacial score (nSPS) is 15.5. The molecule has 1 heterocycles. The predicted molar refractivity (Wildman–Crippen MR) is 115 cm³/mol. The molecule has 2 aromatic rings. The minimum absolute atomic E-state index is 0.0110. The summed E-state index contributed by atoms with van der Waals surface area (Å²) < 4.78 is 26.9. The summed E-state index contributed by atoms with van der Waals surface area (Å²) >= 11 is 11.8. The fourth-order valence-electron chi connectivity index (χ4n) is 2.97. The zero-order valence-electron chi connectivity index (χ0n) is 15.8. The SMILES string of the molecule is O=C(CN1CCN(S(=O)(=O)c2ccc(Cl)c(Cl)c2)CC1)NC(=O)Nc1ccccc1. The van der Waals surface area contributed by atoms with Gasteiger partial charge in [0.25, 0.3) is 0 Å². The number of anilines is 1. The van der Waals surface area contributed by atoms with Crippen LogP contribution in [0.15, 0.2) is 53.4 Å². The number of carbonyl (C=O) groups excluding carboxylic acids is 2. The summed E-state index contributed by atoms with van der Waals surface area (Å²) in [6, 6.07) is 12.3. The number of nitrogens with one attached hydrogen (secondary N) is 2. The highest BCUT2D eigenvalue weighted by molar-refractivity contribution is 7.89. The van der Waals surface area contributed by atoms with Gasteiger partial charge in [-0.3, -0.25) is 15.0 Å². The van der Waals surface area contributed by atoms with Crippen molar-refractivity contribution in [2.24, 2.45) is 0 Å². The molecule has 0 atom stereocenters. The number of urea groups is 1. The molecule has 2 aromatic carbocycles. The zero-order valence-corrected chi connectivity index (χ0v) is 18.2. The van der Waals surface area contributed by atoms with Crippen LogP contribution in [0.3, 0.4) is 0 Å². The molecule has 11 heteroatoms. The number of imide groups is 1. The van der Waals surface area contributed by atoms with Gasteiger partial charge in [-0.25, -0.2) is 13.2 Å². The molecule has 0 unspecified atom stereocenters. The molecule has 0 radical (unpaired) electrons. The van der Waals surface area contributed by atoms with Crippen LogP contribution in [0.1, 0.15) is 0 Å². The molecule has 8 nitrogen and oxygen atoms in total. The lowest BCUT2D eigenvalue weighted by Crippen LogP contribution is -2.51. The van der Waals surface area contributed by atoms with Crippen LogP contribution in [0, 0.1) is 0 Å². The Morgan fingerprint density at radius 3 is 2.23 bits per heavy atom. The number of hydrogen-bond acceptors (Lipinski definition) is 5. The highest BCUT2D eigenvalue weighted by Gasteiger charge is 2.29. The van der Waals surface area contributed by atoms with Gasteiger partial charge in [0.1, 0.15) is 0 Å². The van der Waals surface area contributed by atoms with Gasteiger partial charge >= 0.3 is 6.03 Å². The summed E-state index contributed by atoms with van der Waals surface area (Å²) in [5, 5.41) is 5.28. The average Bonchev–Trinajstić information content (AvgIpc) is 2.71. The summed E-state index contributed by atoms with van der Waals surface area (Å²) in [5.74, 6) is -0.468. The van der Waals surface area contributed by atoms with E-state index in [4.69, 9.17) is 23.2 Å². The topological polar surface area (TPSA) is 98.8 Å². The lowest BCUT2D eigenvalue weighted by molar-refractivity contribution is -0.121. The van der Waals surface area contributed by atoms with Crippen molar-refractivity contribution in [3.8, 4) is 0 Å². The number of rotatable bonds is 5. The molecule has 30 heavy (non-hydrogen) atoms. The Kier molecular flexibility index (Phi) is 7.32. The van der Waals surface area contributed by atoms with Crippen molar-refractivity contribution in [1.29, 1.82) is 0 Å². The second kappa shape index (κ2) is 9.76. The average molecular weight is 471 g/mol. The van der Waals surface area contributed by atoms with Crippen LogP contribution in [0.2, 0.25) is 10.0 Å². The first-order chi connectivity index (χ1) is 14.3. The van der Waals surface area contributed by atoms with Crippen LogP contribution >= 0.6 is 23.2 Å². The minimum atomic E-state index is -3.71. The van der Waals surface area contributed by atoms with Crippen LogP contribution < -0.4 is 10.6 Å². The second-order valence-corrected chi connectivity index (χ2v) is 9.38. The van der Waals surface area contributed by atoms with Gasteiger partial charge in [0.2, 0.25) is 15.9 Å².